The molecule has 2 heterocycles. The van der Waals surface area contributed by atoms with Gasteiger partial charge in [0, 0.05) is 11.8 Å². The number of benzene rings is 1. The SMILES string of the molecule is Cc1ccc(-c2nnn([C@H](C)C(=O)Nc3ccc(Cl)cn3)n2)cc1. The average Bonchev–Trinajstić information content (AvgIpc) is 3.07. The summed E-state index contributed by atoms with van der Waals surface area (Å²) in [4.78, 5) is 17.6. The average molecular weight is 343 g/mol. The van der Waals surface area contributed by atoms with Crippen LogP contribution < -0.4 is 5.32 Å². The number of anilines is 1. The molecule has 0 bridgehead atoms. The molecule has 2 aromatic heterocycles. The van der Waals surface area contributed by atoms with Crippen LogP contribution in [0.2, 0.25) is 5.02 Å². The summed E-state index contributed by atoms with van der Waals surface area (Å²) in [5.74, 6) is 0.590. The molecule has 0 unspecified atom stereocenters. The highest BCUT2D eigenvalue weighted by atomic mass is 35.5. The van der Waals surface area contributed by atoms with Crippen LogP contribution in [0.3, 0.4) is 0 Å². The Balaban J connectivity index is 1.73. The van der Waals surface area contributed by atoms with Gasteiger partial charge in [0.05, 0.1) is 5.02 Å². The lowest BCUT2D eigenvalue weighted by Crippen LogP contribution is -2.25. The van der Waals surface area contributed by atoms with Gasteiger partial charge in [0.25, 0.3) is 5.91 Å². The summed E-state index contributed by atoms with van der Waals surface area (Å²) in [6.45, 7) is 3.69. The summed E-state index contributed by atoms with van der Waals surface area (Å²) < 4.78 is 0. The number of rotatable bonds is 4. The summed E-state index contributed by atoms with van der Waals surface area (Å²) in [5, 5.41) is 15.4. The number of nitrogens with one attached hydrogen (secondary N) is 1. The summed E-state index contributed by atoms with van der Waals surface area (Å²) in [7, 11) is 0. The number of tetrazole rings is 1. The van der Waals surface area contributed by atoms with E-state index in [1.54, 1.807) is 19.1 Å². The number of nitrogens with zero attached hydrogens (tertiary/aromatic N) is 5. The van der Waals surface area contributed by atoms with E-state index in [4.69, 9.17) is 11.6 Å². The fourth-order valence-corrected chi connectivity index (χ4v) is 2.10. The van der Waals surface area contributed by atoms with Crippen molar-refractivity contribution >= 4 is 23.3 Å². The Kier molecular flexibility index (Phi) is 4.52. The quantitative estimate of drug-likeness (QED) is 0.787. The van der Waals surface area contributed by atoms with Crippen LogP contribution in [-0.4, -0.2) is 31.1 Å². The predicted molar refractivity (Wildman–Crippen MR) is 90.6 cm³/mol. The number of aryl methyl sites for hydroxylation is 1. The van der Waals surface area contributed by atoms with E-state index in [9.17, 15) is 4.79 Å². The molecule has 0 radical (unpaired) electrons. The second kappa shape index (κ2) is 6.76. The van der Waals surface area contributed by atoms with Crippen LogP contribution in [0.5, 0.6) is 0 Å². The number of pyridine rings is 1. The molecule has 1 atom stereocenters. The van der Waals surface area contributed by atoms with Gasteiger partial charge in [-0.3, -0.25) is 4.79 Å². The predicted octanol–water partition coefficient (Wildman–Crippen LogP) is 2.90. The van der Waals surface area contributed by atoms with Crippen molar-refractivity contribution in [3.8, 4) is 11.4 Å². The van der Waals surface area contributed by atoms with Gasteiger partial charge in [0.1, 0.15) is 11.9 Å². The highest BCUT2D eigenvalue weighted by molar-refractivity contribution is 6.30. The molecule has 0 saturated heterocycles. The monoisotopic (exact) mass is 342 g/mol. The Morgan fingerprint density at radius 1 is 1.21 bits per heavy atom. The number of carbonyl (C=O) groups is 1. The second-order valence-electron chi connectivity index (χ2n) is 5.33. The Morgan fingerprint density at radius 2 is 1.96 bits per heavy atom. The van der Waals surface area contributed by atoms with Gasteiger partial charge in [-0.2, -0.15) is 4.80 Å². The largest absolute Gasteiger partial charge is 0.309 e. The molecule has 0 saturated carbocycles. The first-order valence-corrected chi connectivity index (χ1v) is 7.70. The van der Waals surface area contributed by atoms with Gasteiger partial charge in [-0.05, 0) is 31.2 Å². The lowest BCUT2D eigenvalue weighted by atomic mass is 10.1. The van der Waals surface area contributed by atoms with E-state index in [0.29, 0.717) is 16.7 Å². The molecule has 3 rings (SSSR count). The van der Waals surface area contributed by atoms with Gasteiger partial charge in [-0.25, -0.2) is 4.98 Å². The number of carbonyl (C=O) groups excluding carboxylic acids is 1. The van der Waals surface area contributed by atoms with Crippen LogP contribution >= 0.6 is 11.6 Å². The minimum Gasteiger partial charge on any atom is -0.309 e. The molecule has 1 N–H and O–H groups in total. The van der Waals surface area contributed by atoms with Crippen LogP contribution in [-0.2, 0) is 4.79 Å². The zero-order valence-electron chi connectivity index (χ0n) is 13.1. The van der Waals surface area contributed by atoms with Gasteiger partial charge < -0.3 is 5.32 Å². The van der Waals surface area contributed by atoms with Crippen molar-refractivity contribution in [3.63, 3.8) is 0 Å². The lowest BCUT2D eigenvalue weighted by molar-refractivity contribution is -0.119. The Bertz CT molecular complexity index is 844. The van der Waals surface area contributed by atoms with E-state index in [1.807, 2.05) is 31.2 Å². The molecule has 24 heavy (non-hydrogen) atoms. The molecule has 3 aromatic rings. The third kappa shape index (κ3) is 3.57. The van der Waals surface area contributed by atoms with Crippen LogP contribution in [0.1, 0.15) is 18.5 Å². The highest BCUT2D eigenvalue weighted by Gasteiger charge is 2.19. The number of halogens is 1. The number of hydrogen-bond acceptors (Lipinski definition) is 5. The third-order valence-electron chi connectivity index (χ3n) is 3.44. The second-order valence-corrected chi connectivity index (χ2v) is 5.76. The summed E-state index contributed by atoms with van der Waals surface area (Å²) in [6, 6.07) is 10.4. The number of amides is 1. The molecular weight excluding hydrogens is 328 g/mol. The molecule has 0 aliphatic carbocycles. The topological polar surface area (TPSA) is 85.6 Å². The maximum absolute atomic E-state index is 12.3. The Labute approximate surface area is 143 Å². The van der Waals surface area contributed by atoms with Gasteiger partial charge in [-0.15, -0.1) is 10.2 Å². The van der Waals surface area contributed by atoms with E-state index in [-0.39, 0.29) is 5.91 Å². The smallest absolute Gasteiger partial charge is 0.252 e. The van der Waals surface area contributed by atoms with Gasteiger partial charge in [0.2, 0.25) is 5.82 Å². The van der Waals surface area contributed by atoms with Crippen LogP contribution in [0, 0.1) is 6.92 Å². The lowest BCUT2D eigenvalue weighted by Gasteiger charge is -2.10. The zero-order chi connectivity index (χ0) is 17.1. The summed E-state index contributed by atoms with van der Waals surface area (Å²) in [6.07, 6.45) is 1.46. The van der Waals surface area contributed by atoms with Crippen molar-refractivity contribution in [3.05, 3.63) is 53.2 Å². The van der Waals surface area contributed by atoms with Crippen molar-refractivity contribution in [2.45, 2.75) is 19.9 Å². The van der Waals surface area contributed by atoms with Crippen molar-refractivity contribution < 1.29 is 4.79 Å². The number of aromatic nitrogens is 5. The molecule has 0 aliphatic heterocycles. The van der Waals surface area contributed by atoms with Crippen LogP contribution in [0.4, 0.5) is 5.82 Å². The van der Waals surface area contributed by atoms with Crippen LogP contribution in [0.25, 0.3) is 11.4 Å². The summed E-state index contributed by atoms with van der Waals surface area (Å²) >= 11 is 5.77. The Morgan fingerprint density at radius 3 is 2.62 bits per heavy atom. The van der Waals surface area contributed by atoms with Crippen molar-refractivity contribution in [1.82, 2.24) is 25.2 Å². The Hall–Kier alpha value is -2.80. The van der Waals surface area contributed by atoms with Crippen molar-refractivity contribution in [2.75, 3.05) is 5.32 Å². The third-order valence-corrected chi connectivity index (χ3v) is 3.67. The molecule has 1 aromatic carbocycles. The molecule has 8 heteroatoms. The minimum atomic E-state index is -0.630. The molecule has 0 spiro atoms. The van der Waals surface area contributed by atoms with Gasteiger partial charge >= 0.3 is 0 Å². The maximum atomic E-state index is 12.3. The normalized spacial score (nSPS) is 12.0. The van der Waals surface area contributed by atoms with E-state index < -0.39 is 6.04 Å². The highest BCUT2D eigenvalue weighted by Crippen LogP contribution is 2.16. The van der Waals surface area contributed by atoms with Crippen molar-refractivity contribution in [2.24, 2.45) is 0 Å². The zero-order valence-corrected chi connectivity index (χ0v) is 13.9. The minimum absolute atomic E-state index is 0.294. The molecule has 1 amide bonds. The van der Waals surface area contributed by atoms with E-state index in [2.05, 4.69) is 25.7 Å². The maximum Gasteiger partial charge on any atom is 0.252 e. The molecule has 7 nitrogen and oxygen atoms in total. The molecule has 0 fully saturated rings. The van der Waals surface area contributed by atoms with Gasteiger partial charge in [0.15, 0.2) is 0 Å². The van der Waals surface area contributed by atoms with E-state index in [0.717, 1.165) is 11.1 Å². The fourth-order valence-electron chi connectivity index (χ4n) is 1.99. The first kappa shape index (κ1) is 16.1. The molecular formula is C16H15ClN6O. The first-order chi connectivity index (χ1) is 11.5. The first-order valence-electron chi connectivity index (χ1n) is 7.32. The van der Waals surface area contributed by atoms with Crippen LogP contribution in [0.15, 0.2) is 42.6 Å². The van der Waals surface area contributed by atoms with E-state index >= 15 is 0 Å². The molecule has 122 valence electrons. The molecule has 0 aliphatic rings. The summed E-state index contributed by atoms with van der Waals surface area (Å²) in [5.41, 5.74) is 1.99. The number of hydrogen-bond donors (Lipinski definition) is 1. The van der Waals surface area contributed by atoms with Crippen molar-refractivity contribution in [1.29, 1.82) is 0 Å². The standard InChI is InChI=1S/C16H15ClN6O/c1-10-3-5-12(6-4-10)15-20-22-23(21-15)11(2)16(24)19-14-8-7-13(17)9-18-14/h3-9,11H,1-2H3,(H,18,19,24)/t11-/m1/s1. The van der Waals surface area contributed by atoms with E-state index in [1.165, 1.54) is 11.0 Å². The van der Waals surface area contributed by atoms with Gasteiger partial charge in [-0.1, -0.05) is 41.4 Å². The fraction of sp³-hybridized carbons (Fsp3) is 0.188.